The summed E-state index contributed by atoms with van der Waals surface area (Å²) in [6.07, 6.45) is 0. The van der Waals surface area contributed by atoms with Crippen molar-refractivity contribution in [3.05, 3.63) is 41.7 Å². The summed E-state index contributed by atoms with van der Waals surface area (Å²) in [5, 5.41) is 8.85. The topological polar surface area (TPSA) is 46.5 Å². The van der Waals surface area contributed by atoms with Crippen molar-refractivity contribution in [2.75, 3.05) is 7.11 Å². The molecule has 0 radical (unpaired) electrons. The van der Waals surface area contributed by atoms with Crippen LogP contribution in [0.4, 0.5) is 4.39 Å². The maximum absolute atomic E-state index is 14.0. The number of halogens is 1. The lowest BCUT2D eigenvalue weighted by Gasteiger charge is -2.20. The third-order valence-electron chi connectivity index (χ3n) is 2.58. The van der Waals surface area contributed by atoms with Gasteiger partial charge in [0.1, 0.15) is 5.76 Å². The van der Waals surface area contributed by atoms with Crippen molar-refractivity contribution in [1.29, 1.82) is 0 Å². The summed E-state index contributed by atoms with van der Waals surface area (Å²) in [6.45, 7) is 2.61. The molecule has 0 aromatic heterocycles. The van der Waals surface area contributed by atoms with Crippen LogP contribution in [0.25, 0.3) is 5.57 Å². The summed E-state index contributed by atoms with van der Waals surface area (Å²) >= 11 is 0. The molecule has 4 heteroatoms. The molecular formula is C13H15FO3. The van der Waals surface area contributed by atoms with E-state index in [0.717, 1.165) is 12.5 Å². The van der Waals surface area contributed by atoms with Crippen molar-refractivity contribution in [3.63, 3.8) is 0 Å². The summed E-state index contributed by atoms with van der Waals surface area (Å²) in [5.74, 6) is -1.75. The number of aliphatic carboxylic acids is 1. The number of alkyl halides is 1. The monoisotopic (exact) mass is 238 g/mol. The number of hydrogen-bond donors (Lipinski definition) is 1. The van der Waals surface area contributed by atoms with Crippen LogP contribution in [0.1, 0.15) is 19.4 Å². The van der Waals surface area contributed by atoms with Crippen molar-refractivity contribution in [2.45, 2.75) is 19.5 Å². The predicted octanol–water partition coefficient (Wildman–Crippen LogP) is 2.88. The van der Waals surface area contributed by atoms with Crippen LogP contribution in [-0.2, 0) is 9.53 Å². The minimum absolute atomic E-state index is 0.184. The zero-order chi connectivity index (χ0) is 13.1. The fourth-order valence-corrected chi connectivity index (χ4v) is 1.61. The molecule has 0 aliphatic carbocycles. The third kappa shape index (κ3) is 2.64. The molecule has 0 fully saturated rings. The minimum Gasteiger partial charge on any atom is -0.497 e. The van der Waals surface area contributed by atoms with E-state index in [9.17, 15) is 9.18 Å². The third-order valence-corrected chi connectivity index (χ3v) is 2.58. The van der Waals surface area contributed by atoms with Gasteiger partial charge in [-0.25, -0.2) is 9.18 Å². The molecule has 0 aliphatic heterocycles. The van der Waals surface area contributed by atoms with E-state index >= 15 is 0 Å². The van der Waals surface area contributed by atoms with Gasteiger partial charge in [0.05, 0.1) is 7.11 Å². The lowest BCUT2D eigenvalue weighted by molar-refractivity contribution is -0.149. The molecular weight excluding hydrogens is 223 g/mol. The number of methoxy groups -OCH3 is 1. The first-order valence-corrected chi connectivity index (χ1v) is 5.14. The van der Waals surface area contributed by atoms with E-state index in [1.54, 1.807) is 31.2 Å². The standard InChI is InChI=1S/C13H15FO3/c1-9(10-7-5-4-6-8-10)11(17-3)13(2,14)12(15)16/h4-8H,1-3H3,(H,15,16)/b11-9-. The summed E-state index contributed by atoms with van der Waals surface area (Å²) < 4.78 is 18.9. The summed E-state index contributed by atoms with van der Waals surface area (Å²) in [7, 11) is 1.27. The van der Waals surface area contributed by atoms with E-state index in [4.69, 9.17) is 9.84 Å². The van der Waals surface area contributed by atoms with Gasteiger partial charge < -0.3 is 9.84 Å². The molecule has 0 spiro atoms. The number of rotatable bonds is 4. The maximum Gasteiger partial charge on any atom is 0.349 e. The van der Waals surface area contributed by atoms with Crippen LogP contribution in [0, 0.1) is 0 Å². The summed E-state index contributed by atoms with van der Waals surface area (Å²) in [5.41, 5.74) is -1.33. The first-order chi connectivity index (χ1) is 7.91. The Bertz CT molecular complexity index is 435. The van der Waals surface area contributed by atoms with E-state index in [0.29, 0.717) is 5.57 Å². The number of carboxylic acids is 1. The Morgan fingerprint density at radius 1 is 1.35 bits per heavy atom. The smallest absolute Gasteiger partial charge is 0.349 e. The first kappa shape index (κ1) is 13.2. The lowest BCUT2D eigenvalue weighted by Crippen LogP contribution is -2.33. The molecule has 1 aromatic rings. The molecule has 1 rings (SSSR count). The molecule has 1 aromatic carbocycles. The molecule has 0 amide bonds. The van der Waals surface area contributed by atoms with Gasteiger partial charge in [-0.05, 0) is 25.0 Å². The molecule has 1 N–H and O–H groups in total. The summed E-state index contributed by atoms with van der Waals surface area (Å²) in [6, 6.07) is 8.96. The van der Waals surface area contributed by atoms with Crippen molar-refractivity contribution in [1.82, 2.24) is 0 Å². The van der Waals surface area contributed by atoms with Crippen LogP contribution in [0.3, 0.4) is 0 Å². The number of ether oxygens (including phenoxy) is 1. The quantitative estimate of drug-likeness (QED) is 0.820. The van der Waals surface area contributed by atoms with E-state index in [2.05, 4.69) is 0 Å². The zero-order valence-electron chi connectivity index (χ0n) is 10.0. The van der Waals surface area contributed by atoms with Crippen molar-refractivity contribution < 1.29 is 19.0 Å². The largest absolute Gasteiger partial charge is 0.497 e. The van der Waals surface area contributed by atoms with E-state index in [1.165, 1.54) is 7.11 Å². The number of carboxylic acid groups (broad SMARTS) is 1. The molecule has 17 heavy (non-hydrogen) atoms. The molecule has 92 valence electrons. The predicted molar refractivity (Wildman–Crippen MR) is 63.2 cm³/mol. The van der Waals surface area contributed by atoms with Crippen molar-refractivity contribution in [3.8, 4) is 0 Å². The van der Waals surface area contributed by atoms with Gasteiger partial charge in [0.25, 0.3) is 5.67 Å². The van der Waals surface area contributed by atoms with E-state index in [1.807, 2.05) is 6.07 Å². The van der Waals surface area contributed by atoms with Gasteiger partial charge >= 0.3 is 5.97 Å². The molecule has 0 bridgehead atoms. The first-order valence-electron chi connectivity index (χ1n) is 5.14. The van der Waals surface area contributed by atoms with Crippen LogP contribution >= 0.6 is 0 Å². The SMILES string of the molecule is CO/C(=C(/C)c1ccccc1)C(C)(F)C(=O)O. The number of carbonyl (C=O) groups is 1. The van der Waals surface area contributed by atoms with Crippen molar-refractivity contribution >= 4 is 11.5 Å². The van der Waals surface area contributed by atoms with Crippen LogP contribution in [0.15, 0.2) is 36.1 Å². The Morgan fingerprint density at radius 2 is 1.88 bits per heavy atom. The van der Waals surface area contributed by atoms with E-state index < -0.39 is 11.6 Å². The van der Waals surface area contributed by atoms with Crippen LogP contribution in [0.5, 0.6) is 0 Å². The fraction of sp³-hybridized carbons (Fsp3) is 0.308. The normalized spacial score (nSPS) is 15.8. The lowest BCUT2D eigenvalue weighted by atomic mass is 9.98. The Balaban J connectivity index is 3.30. The Hall–Kier alpha value is -1.84. The molecule has 1 unspecified atom stereocenters. The second-order valence-corrected chi connectivity index (χ2v) is 3.83. The highest BCUT2D eigenvalue weighted by Gasteiger charge is 2.40. The van der Waals surface area contributed by atoms with Gasteiger partial charge in [0.2, 0.25) is 0 Å². The second kappa shape index (κ2) is 4.99. The van der Waals surface area contributed by atoms with Gasteiger partial charge in [0.15, 0.2) is 0 Å². The van der Waals surface area contributed by atoms with Gasteiger partial charge in [-0.3, -0.25) is 0 Å². The minimum atomic E-state index is -2.53. The number of benzene rings is 1. The zero-order valence-corrected chi connectivity index (χ0v) is 10.0. The number of hydrogen-bond acceptors (Lipinski definition) is 2. The maximum atomic E-state index is 14.0. The van der Waals surface area contributed by atoms with E-state index in [-0.39, 0.29) is 5.76 Å². The average molecular weight is 238 g/mol. The highest BCUT2D eigenvalue weighted by atomic mass is 19.1. The fourth-order valence-electron chi connectivity index (χ4n) is 1.61. The Kier molecular flexibility index (Phi) is 3.89. The average Bonchev–Trinajstić information content (AvgIpc) is 2.30. The van der Waals surface area contributed by atoms with Crippen LogP contribution < -0.4 is 0 Å². The Labute approximate surface area is 99.5 Å². The van der Waals surface area contributed by atoms with Gasteiger partial charge in [-0.15, -0.1) is 0 Å². The molecule has 0 saturated carbocycles. The van der Waals surface area contributed by atoms with Crippen LogP contribution in [-0.4, -0.2) is 23.9 Å². The molecule has 3 nitrogen and oxygen atoms in total. The van der Waals surface area contributed by atoms with Gasteiger partial charge in [0, 0.05) is 0 Å². The second-order valence-electron chi connectivity index (χ2n) is 3.83. The Morgan fingerprint density at radius 3 is 2.29 bits per heavy atom. The van der Waals surface area contributed by atoms with Crippen molar-refractivity contribution in [2.24, 2.45) is 0 Å². The summed E-state index contributed by atoms with van der Waals surface area (Å²) in [4.78, 5) is 10.9. The molecule has 0 heterocycles. The van der Waals surface area contributed by atoms with Gasteiger partial charge in [-0.2, -0.15) is 0 Å². The van der Waals surface area contributed by atoms with Gasteiger partial charge in [-0.1, -0.05) is 30.3 Å². The highest BCUT2D eigenvalue weighted by molar-refractivity contribution is 5.84. The molecule has 0 saturated heterocycles. The highest BCUT2D eigenvalue weighted by Crippen LogP contribution is 2.30. The molecule has 1 atom stereocenters. The van der Waals surface area contributed by atoms with Crippen LogP contribution in [0.2, 0.25) is 0 Å². The number of allylic oxidation sites excluding steroid dienone is 1. The molecule has 0 aliphatic rings.